The van der Waals surface area contributed by atoms with Crippen LogP contribution in [0.4, 0.5) is 0 Å². The third-order valence-electron chi connectivity index (χ3n) is 4.57. The van der Waals surface area contributed by atoms with Crippen molar-refractivity contribution < 1.29 is 9.53 Å². The molecule has 0 radical (unpaired) electrons. The number of carbonyl (C=O) groups is 1. The van der Waals surface area contributed by atoms with Crippen molar-refractivity contribution in [2.45, 2.75) is 25.4 Å². The van der Waals surface area contributed by atoms with Gasteiger partial charge in [0.05, 0.1) is 18.0 Å². The number of hydrogen-bond acceptors (Lipinski definition) is 5. The van der Waals surface area contributed by atoms with Gasteiger partial charge < -0.3 is 4.74 Å². The normalized spacial score (nSPS) is 15.7. The molecule has 0 bridgehead atoms. The van der Waals surface area contributed by atoms with Gasteiger partial charge in [-0.25, -0.2) is 9.97 Å². The molecule has 138 valence electrons. The fourth-order valence-corrected chi connectivity index (χ4v) is 4.18. The van der Waals surface area contributed by atoms with Gasteiger partial charge in [0.15, 0.2) is 10.8 Å². The third-order valence-corrected chi connectivity index (χ3v) is 5.48. The van der Waals surface area contributed by atoms with Crippen molar-refractivity contribution in [1.29, 1.82) is 0 Å². The molecule has 2 heterocycles. The van der Waals surface area contributed by atoms with E-state index in [0.717, 1.165) is 28.4 Å². The maximum atomic E-state index is 11.9. The molecule has 6 heteroatoms. The Morgan fingerprint density at radius 1 is 1.33 bits per heavy atom. The van der Waals surface area contributed by atoms with Crippen LogP contribution < -0.4 is 0 Å². The Hall–Kier alpha value is -2.60. The highest BCUT2D eigenvalue weighted by Gasteiger charge is 2.21. The number of aromatic nitrogens is 3. The van der Waals surface area contributed by atoms with E-state index < -0.39 is 0 Å². The number of esters is 1. The number of benzene rings is 1. The summed E-state index contributed by atoms with van der Waals surface area (Å²) in [4.78, 5) is 21.1. The van der Waals surface area contributed by atoms with Crippen molar-refractivity contribution in [1.82, 2.24) is 14.5 Å². The van der Waals surface area contributed by atoms with Crippen LogP contribution >= 0.6 is 11.8 Å². The molecule has 3 aromatic rings. The number of rotatable bonds is 5. The van der Waals surface area contributed by atoms with Gasteiger partial charge in [0, 0.05) is 6.20 Å². The number of ether oxygens (including phenoxy) is 1. The Morgan fingerprint density at radius 2 is 2.22 bits per heavy atom. The molecule has 0 amide bonds. The molecular weight excluding hydrogens is 358 g/mol. The lowest BCUT2D eigenvalue weighted by atomic mass is 9.89. The number of carbonyl (C=O) groups excluding carboxylic acids is 1. The summed E-state index contributed by atoms with van der Waals surface area (Å²) in [5.74, 6) is 0.473. The average Bonchev–Trinajstić information content (AvgIpc) is 3.04. The molecule has 0 fully saturated rings. The van der Waals surface area contributed by atoms with E-state index in [2.05, 4.69) is 46.8 Å². The van der Waals surface area contributed by atoms with Gasteiger partial charge in [-0.2, -0.15) is 0 Å². The minimum Gasteiger partial charge on any atom is -0.465 e. The van der Waals surface area contributed by atoms with E-state index >= 15 is 0 Å². The highest BCUT2D eigenvalue weighted by molar-refractivity contribution is 7.99. The molecule has 5 nitrogen and oxygen atoms in total. The van der Waals surface area contributed by atoms with E-state index in [1.54, 1.807) is 6.20 Å². The standard InChI is InChI=1S/C21H21N3O2S/c1-3-26-19(25)13-27-21-23-17-7-5-11-22-20(17)24(21)18-8-4-6-15-10-9-14(2)12-16(15)18/h4-11,14H,3,12-13H2,1-2H3. The molecule has 1 unspecified atom stereocenters. The molecule has 0 N–H and O–H groups in total. The summed E-state index contributed by atoms with van der Waals surface area (Å²) in [6.45, 7) is 4.41. The van der Waals surface area contributed by atoms with Crippen LogP contribution in [0, 0.1) is 5.92 Å². The lowest BCUT2D eigenvalue weighted by Gasteiger charge is -2.21. The molecule has 2 aromatic heterocycles. The Balaban J connectivity index is 1.83. The number of pyridine rings is 1. The first-order valence-corrected chi connectivity index (χ1v) is 10.1. The summed E-state index contributed by atoms with van der Waals surface area (Å²) < 4.78 is 7.14. The van der Waals surface area contributed by atoms with Gasteiger partial charge in [0.1, 0.15) is 5.52 Å². The molecule has 27 heavy (non-hydrogen) atoms. The van der Waals surface area contributed by atoms with Gasteiger partial charge in [-0.05, 0) is 48.6 Å². The highest BCUT2D eigenvalue weighted by atomic mass is 32.2. The summed E-state index contributed by atoms with van der Waals surface area (Å²) in [5.41, 5.74) is 5.22. The van der Waals surface area contributed by atoms with Crippen LogP contribution in [0.2, 0.25) is 0 Å². The fraction of sp³-hybridized carbons (Fsp3) is 0.286. The Kier molecular flexibility index (Phi) is 4.99. The van der Waals surface area contributed by atoms with E-state index in [1.807, 2.05) is 19.1 Å². The Bertz CT molecular complexity index is 1030. The number of thioether (sulfide) groups is 1. The minimum atomic E-state index is -0.235. The Morgan fingerprint density at radius 3 is 3.07 bits per heavy atom. The summed E-state index contributed by atoms with van der Waals surface area (Å²) in [6, 6.07) is 10.1. The zero-order chi connectivity index (χ0) is 18.8. The van der Waals surface area contributed by atoms with Crippen molar-refractivity contribution in [3.8, 4) is 5.69 Å². The summed E-state index contributed by atoms with van der Waals surface area (Å²) in [5, 5.41) is 0.757. The first-order chi connectivity index (χ1) is 13.2. The molecule has 0 saturated heterocycles. The van der Waals surface area contributed by atoms with Crippen molar-refractivity contribution in [3.05, 3.63) is 53.7 Å². The first kappa shape index (κ1) is 17.8. The molecule has 0 spiro atoms. The third kappa shape index (κ3) is 3.49. The predicted octanol–water partition coefficient (Wildman–Crippen LogP) is 4.28. The van der Waals surface area contributed by atoms with Crippen molar-refractivity contribution in [2.24, 2.45) is 5.92 Å². The second-order valence-electron chi connectivity index (χ2n) is 6.56. The van der Waals surface area contributed by atoms with Gasteiger partial charge in [-0.15, -0.1) is 0 Å². The van der Waals surface area contributed by atoms with Crippen LogP contribution in [0.3, 0.4) is 0 Å². The maximum absolute atomic E-state index is 11.9. The van der Waals surface area contributed by atoms with Crippen LogP contribution in [0.15, 0.2) is 47.8 Å². The lowest BCUT2D eigenvalue weighted by molar-refractivity contribution is -0.139. The summed E-state index contributed by atoms with van der Waals surface area (Å²) in [6.07, 6.45) is 7.17. The monoisotopic (exact) mass is 379 g/mol. The molecule has 1 aliphatic rings. The second kappa shape index (κ2) is 7.56. The SMILES string of the molecule is CCOC(=O)CSc1nc2cccnc2n1-c1cccc2c1CC(C)C=C2. The van der Waals surface area contributed by atoms with Gasteiger partial charge >= 0.3 is 5.97 Å². The average molecular weight is 379 g/mol. The second-order valence-corrected chi connectivity index (χ2v) is 7.50. The zero-order valence-electron chi connectivity index (χ0n) is 15.4. The van der Waals surface area contributed by atoms with Crippen LogP contribution in [-0.4, -0.2) is 32.9 Å². The van der Waals surface area contributed by atoms with E-state index in [4.69, 9.17) is 9.72 Å². The number of fused-ring (bicyclic) bond motifs is 2. The quantitative estimate of drug-likeness (QED) is 0.489. The minimum absolute atomic E-state index is 0.225. The molecule has 1 aliphatic carbocycles. The number of allylic oxidation sites excluding steroid dienone is 1. The van der Waals surface area contributed by atoms with Gasteiger partial charge in [0.2, 0.25) is 0 Å². The topological polar surface area (TPSA) is 57.0 Å². The smallest absolute Gasteiger partial charge is 0.316 e. The van der Waals surface area contributed by atoms with Crippen molar-refractivity contribution in [3.63, 3.8) is 0 Å². The van der Waals surface area contributed by atoms with Crippen LogP contribution in [0.5, 0.6) is 0 Å². The largest absolute Gasteiger partial charge is 0.465 e. The molecular formula is C21H21N3O2S. The molecule has 1 aromatic carbocycles. The van der Waals surface area contributed by atoms with E-state index in [-0.39, 0.29) is 11.7 Å². The summed E-state index contributed by atoms with van der Waals surface area (Å²) in [7, 11) is 0. The number of nitrogens with zero attached hydrogens (tertiary/aromatic N) is 3. The van der Waals surface area contributed by atoms with Gasteiger partial charge in [-0.1, -0.05) is 43.0 Å². The van der Waals surface area contributed by atoms with Crippen molar-refractivity contribution in [2.75, 3.05) is 12.4 Å². The van der Waals surface area contributed by atoms with E-state index in [0.29, 0.717) is 12.5 Å². The first-order valence-electron chi connectivity index (χ1n) is 9.09. The van der Waals surface area contributed by atoms with Gasteiger partial charge in [-0.3, -0.25) is 9.36 Å². The van der Waals surface area contributed by atoms with Crippen LogP contribution in [0.25, 0.3) is 22.9 Å². The molecule has 4 rings (SSSR count). The zero-order valence-corrected chi connectivity index (χ0v) is 16.2. The molecule has 0 saturated carbocycles. The van der Waals surface area contributed by atoms with Gasteiger partial charge in [0.25, 0.3) is 0 Å². The van der Waals surface area contributed by atoms with Crippen LogP contribution in [0.1, 0.15) is 25.0 Å². The number of imidazole rings is 1. The van der Waals surface area contributed by atoms with E-state index in [1.165, 1.54) is 22.9 Å². The molecule has 0 aliphatic heterocycles. The highest BCUT2D eigenvalue weighted by Crippen LogP contribution is 2.33. The molecule has 1 atom stereocenters. The van der Waals surface area contributed by atoms with E-state index in [9.17, 15) is 4.79 Å². The lowest BCUT2D eigenvalue weighted by Crippen LogP contribution is -2.11. The van der Waals surface area contributed by atoms with Crippen molar-refractivity contribution >= 4 is 35.0 Å². The summed E-state index contributed by atoms with van der Waals surface area (Å²) >= 11 is 1.39. The number of hydrogen-bond donors (Lipinski definition) is 0. The fourth-order valence-electron chi connectivity index (χ4n) is 3.37. The van der Waals surface area contributed by atoms with Crippen LogP contribution in [-0.2, 0) is 16.0 Å². The Labute approximate surface area is 162 Å². The predicted molar refractivity (Wildman–Crippen MR) is 108 cm³/mol. The maximum Gasteiger partial charge on any atom is 0.316 e.